The van der Waals surface area contributed by atoms with E-state index in [2.05, 4.69) is 53.7 Å². The molecule has 0 aromatic heterocycles. The second-order valence-corrected chi connectivity index (χ2v) is 8.19. The second-order valence-electron chi connectivity index (χ2n) is 6.24. The van der Waals surface area contributed by atoms with Gasteiger partial charge in [-0.15, -0.1) is 0 Å². The third-order valence-corrected chi connectivity index (χ3v) is 4.98. The maximum atomic E-state index is 5.95. The van der Waals surface area contributed by atoms with E-state index in [1.807, 2.05) is 18.0 Å². The fraction of sp³-hybridized carbons (Fsp3) is 0.647. The molecule has 0 amide bonds. The van der Waals surface area contributed by atoms with Crippen LogP contribution in [0.25, 0.3) is 0 Å². The minimum absolute atomic E-state index is 0.0982. The first kappa shape index (κ1) is 17.8. The van der Waals surface area contributed by atoms with E-state index < -0.39 is 0 Å². The molecule has 0 N–H and O–H groups in total. The second kappa shape index (κ2) is 7.65. The fourth-order valence-electron chi connectivity index (χ4n) is 2.22. The predicted octanol–water partition coefficient (Wildman–Crippen LogP) is 6.15. The molecule has 114 valence electrons. The molecule has 0 aliphatic carbocycles. The van der Waals surface area contributed by atoms with Crippen molar-refractivity contribution in [2.45, 2.75) is 58.6 Å². The molecule has 0 saturated heterocycles. The number of benzene rings is 1. The zero-order valence-electron chi connectivity index (χ0n) is 13.9. The van der Waals surface area contributed by atoms with Gasteiger partial charge in [-0.1, -0.05) is 45.4 Å². The van der Waals surface area contributed by atoms with Crippen LogP contribution >= 0.6 is 23.8 Å². The standard InChI is InChI=1S/C17H28OS2/c1-8-9-20-13(3)14-10-12(2)11-15(17(4,5)6)16(14)18-19-7/h10-11,13H,8-9H2,1-7H3. The summed E-state index contributed by atoms with van der Waals surface area (Å²) in [6, 6.07) is 4.56. The Labute approximate surface area is 133 Å². The van der Waals surface area contributed by atoms with Gasteiger partial charge in [-0.25, -0.2) is 0 Å². The Balaban J connectivity index is 3.30. The first-order chi connectivity index (χ1) is 9.31. The van der Waals surface area contributed by atoms with Crippen LogP contribution in [0.5, 0.6) is 5.75 Å². The minimum Gasteiger partial charge on any atom is -0.425 e. The molecule has 0 radical (unpaired) electrons. The van der Waals surface area contributed by atoms with E-state index in [0.29, 0.717) is 5.25 Å². The summed E-state index contributed by atoms with van der Waals surface area (Å²) < 4.78 is 5.95. The molecule has 1 nitrogen and oxygen atoms in total. The highest BCUT2D eigenvalue weighted by Gasteiger charge is 2.24. The highest BCUT2D eigenvalue weighted by atomic mass is 32.2. The molecule has 0 aliphatic rings. The third-order valence-electron chi connectivity index (χ3n) is 3.25. The lowest BCUT2D eigenvalue weighted by Gasteiger charge is -2.26. The molecule has 3 heteroatoms. The van der Waals surface area contributed by atoms with E-state index in [1.165, 1.54) is 40.9 Å². The Hall–Kier alpha value is -0.280. The van der Waals surface area contributed by atoms with Crippen LogP contribution in [0.1, 0.15) is 63.0 Å². The van der Waals surface area contributed by atoms with Crippen LogP contribution in [0.2, 0.25) is 0 Å². The topological polar surface area (TPSA) is 9.23 Å². The summed E-state index contributed by atoms with van der Waals surface area (Å²) in [7, 11) is 0. The normalized spacial score (nSPS) is 13.3. The van der Waals surface area contributed by atoms with Crippen molar-refractivity contribution in [3.05, 3.63) is 28.8 Å². The van der Waals surface area contributed by atoms with E-state index >= 15 is 0 Å². The van der Waals surface area contributed by atoms with Gasteiger partial charge in [0.1, 0.15) is 5.75 Å². The van der Waals surface area contributed by atoms with Gasteiger partial charge in [0.25, 0.3) is 0 Å². The lowest BCUT2D eigenvalue weighted by atomic mass is 9.84. The largest absolute Gasteiger partial charge is 0.425 e. The smallest absolute Gasteiger partial charge is 0.145 e. The van der Waals surface area contributed by atoms with Crippen LogP contribution in [0.3, 0.4) is 0 Å². The monoisotopic (exact) mass is 312 g/mol. The first-order valence-corrected chi connectivity index (χ1v) is 9.48. The van der Waals surface area contributed by atoms with E-state index in [9.17, 15) is 0 Å². The Bertz CT molecular complexity index is 435. The number of hydrogen-bond acceptors (Lipinski definition) is 3. The molecule has 1 aromatic rings. The molecule has 1 atom stereocenters. The number of rotatable bonds is 6. The van der Waals surface area contributed by atoms with E-state index in [4.69, 9.17) is 4.18 Å². The molecule has 1 rings (SSSR count). The summed E-state index contributed by atoms with van der Waals surface area (Å²) in [5, 5.41) is 0.470. The maximum absolute atomic E-state index is 5.95. The summed E-state index contributed by atoms with van der Waals surface area (Å²) in [4.78, 5) is 0. The molecule has 1 aromatic carbocycles. The van der Waals surface area contributed by atoms with Gasteiger partial charge in [-0.05, 0) is 31.4 Å². The average Bonchev–Trinajstić information content (AvgIpc) is 2.36. The SMILES string of the molecule is CCCSC(C)c1cc(C)cc(C(C)(C)C)c1OSC. The Morgan fingerprint density at radius 1 is 1.25 bits per heavy atom. The molecule has 0 aliphatic heterocycles. The van der Waals surface area contributed by atoms with E-state index in [-0.39, 0.29) is 5.41 Å². The zero-order chi connectivity index (χ0) is 15.3. The van der Waals surface area contributed by atoms with Gasteiger partial charge in [0, 0.05) is 22.6 Å². The van der Waals surface area contributed by atoms with Crippen molar-refractivity contribution < 1.29 is 4.18 Å². The van der Waals surface area contributed by atoms with Gasteiger partial charge in [0.2, 0.25) is 0 Å². The highest BCUT2D eigenvalue weighted by Crippen LogP contribution is 2.43. The van der Waals surface area contributed by atoms with Gasteiger partial charge in [-0.3, -0.25) is 0 Å². The molecular formula is C17H28OS2. The molecule has 0 fully saturated rings. The van der Waals surface area contributed by atoms with Crippen molar-refractivity contribution in [3.8, 4) is 5.75 Å². The van der Waals surface area contributed by atoms with Crippen LogP contribution in [0, 0.1) is 6.92 Å². The molecule has 0 saturated carbocycles. The molecule has 0 heterocycles. The highest BCUT2D eigenvalue weighted by molar-refractivity contribution is 7.99. The van der Waals surface area contributed by atoms with Crippen molar-refractivity contribution in [1.82, 2.24) is 0 Å². The number of hydrogen-bond donors (Lipinski definition) is 0. The summed E-state index contributed by atoms with van der Waals surface area (Å²) in [6.45, 7) is 13.5. The quantitative estimate of drug-likeness (QED) is 0.583. The van der Waals surface area contributed by atoms with Crippen molar-refractivity contribution in [2.75, 3.05) is 12.0 Å². The van der Waals surface area contributed by atoms with Crippen molar-refractivity contribution >= 4 is 23.8 Å². The summed E-state index contributed by atoms with van der Waals surface area (Å²) >= 11 is 3.45. The van der Waals surface area contributed by atoms with Gasteiger partial charge in [0.05, 0.1) is 12.0 Å². The minimum atomic E-state index is 0.0982. The maximum Gasteiger partial charge on any atom is 0.145 e. The first-order valence-electron chi connectivity index (χ1n) is 7.28. The Kier molecular flexibility index (Phi) is 6.80. The summed E-state index contributed by atoms with van der Waals surface area (Å²) in [6.07, 6.45) is 3.20. The van der Waals surface area contributed by atoms with E-state index in [0.717, 1.165) is 5.75 Å². The van der Waals surface area contributed by atoms with Gasteiger partial charge in [-0.2, -0.15) is 11.8 Å². The zero-order valence-corrected chi connectivity index (χ0v) is 15.5. The van der Waals surface area contributed by atoms with Crippen molar-refractivity contribution in [3.63, 3.8) is 0 Å². The van der Waals surface area contributed by atoms with Crippen LogP contribution in [0.15, 0.2) is 12.1 Å². The Morgan fingerprint density at radius 2 is 1.90 bits per heavy atom. The van der Waals surface area contributed by atoms with E-state index in [1.54, 1.807) is 0 Å². The van der Waals surface area contributed by atoms with Gasteiger partial charge in [0.15, 0.2) is 0 Å². The van der Waals surface area contributed by atoms with Gasteiger partial charge < -0.3 is 4.18 Å². The molecular weight excluding hydrogens is 284 g/mol. The molecule has 0 bridgehead atoms. The van der Waals surface area contributed by atoms with Crippen molar-refractivity contribution in [1.29, 1.82) is 0 Å². The van der Waals surface area contributed by atoms with Crippen LogP contribution in [-0.4, -0.2) is 12.0 Å². The molecule has 1 unspecified atom stereocenters. The lowest BCUT2D eigenvalue weighted by molar-refractivity contribution is 0.542. The summed E-state index contributed by atoms with van der Waals surface area (Å²) in [5.74, 6) is 2.27. The van der Waals surface area contributed by atoms with Crippen LogP contribution < -0.4 is 4.18 Å². The number of thioether (sulfide) groups is 1. The van der Waals surface area contributed by atoms with Crippen LogP contribution in [-0.2, 0) is 5.41 Å². The van der Waals surface area contributed by atoms with Crippen molar-refractivity contribution in [2.24, 2.45) is 0 Å². The predicted molar refractivity (Wildman–Crippen MR) is 95.2 cm³/mol. The third kappa shape index (κ3) is 4.63. The summed E-state index contributed by atoms with van der Waals surface area (Å²) in [5.41, 5.74) is 4.07. The lowest BCUT2D eigenvalue weighted by Crippen LogP contribution is -2.14. The fourth-order valence-corrected chi connectivity index (χ4v) is 3.52. The van der Waals surface area contributed by atoms with Gasteiger partial charge >= 0.3 is 0 Å². The van der Waals surface area contributed by atoms with Crippen LogP contribution in [0.4, 0.5) is 0 Å². The average molecular weight is 313 g/mol. The molecule has 0 spiro atoms. The number of aryl methyl sites for hydroxylation is 1. The Morgan fingerprint density at radius 3 is 2.40 bits per heavy atom. The molecule has 20 heavy (non-hydrogen) atoms.